The van der Waals surface area contributed by atoms with Crippen molar-refractivity contribution in [2.45, 2.75) is 296 Å². The molecule has 0 bridgehead atoms. The first kappa shape index (κ1) is 64.3. The number of carbonyl (C=O) groups excluding carboxylic acids is 2. The van der Waals surface area contributed by atoms with Crippen LogP contribution in [-0.2, 0) is 14.3 Å². The highest BCUT2D eigenvalue weighted by atomic mass is 16.5. The molecule has 3 atom stereocenters. The third kappa shape index (κ3) is 49.5. The van der Waals surface area contributed by atoms with Crippen LogP contribution in [0.1, 0.15) is 278 Å². The molecule has 0 fully saturated rings. The number of ether oxygens (including phenoxy) is 1. The fraction of sp³-hybridized carbons (Fsp3) is 0.770. The van der Waals surface area contributed by atoms with E-state index in [2.05, 4.69) is 99.0 Å². The van der Waals surface area contributed by atoms with Crippen molar-refractivity contribution in [3.05, 3.63) is 72.9 Å². The molecule has 6 heteroatoms. The summed E-state index contributed by atoms with van der Waals surface area (Å²) in [4.78, 5) is 26.2. The fourth-order valence-corrected chi connectivity index (χ4v) is 8.46. The normalized spacial score (nSPS) is 13.7. The van der Waals surface area contributed by atoms with Crippen molar-refractivity contribution in [2.75, 3.05) is 6.61 Å². The molecule has 0 aromatic carbocycles. The second-order valence-corrected chi connectivity index (χ2v) is 19.3. The van der Waals surface area contributed by atoms with Crippen molar-refractivity contribution >= 4 is 11.9 Å². The molecule has 3 N–H and O–H groups in total. The smallest absolute Gasteiger partial charge is 0.306 e. The summed E-state index contributed by atoms with van der Waals surface area (Å²) in [5.41, 5.74) is 0. The second kappa shape index (κ2) is 54.2. The molecule has 0 aromatic heterocycles. The Morgan fingerprint density at radius 2 is 0.806 bits per heavy atom. The molecular formula is C61H109NO5. The SMILES string of the molecule is CC/C=C\C/C=C\C/C=C\C/C=C\C/C=C\CCCC(=O)OC(CCCCC/C=C/CCCCCCCCCCC)CC(=O)NC(CO)C(O)CCCCCCCCCCCCCCCCC. The Morgan fingerprint density at radius 1 is 0.448 bits per heavy atom. The minimum atomic E-state index is -0.804. The maximum Gasteiger partial charge on any atom is 0.306 e. The minimum absolute atomic E-state index is 0.0430. The van der Waals surface area contributed by atoms with E-state index in [0.29, 0.717) is 25.7 Å². The van der Waals surface area contributed by atoms with Crippen LogP contribution < -0.4 is 5.32 Å². The Bertz CT molecular complexity index is 1230. The Labute approximate surface area is 415 Å². The van der Waals surface area contributed by atoms with E-state index in [0.717, 1.165) is 89.9 Å². The Kier molecular flexibility index (Phi) is 52.1. The lowest BCUT2D eigenvalue weighted by Crippen LogP contribution is -2.46. The van der Waals surface area contributed by atoms with Crippen LogP contribution in [0.5, 0.6) is 0 Å². The number of allylic oxidation sites excluding steroid dienone is 12. The zero-order valence-corrected chi connectivity index (χ0v) is 44.3. The summed E-state index contributed by atoms with van der Waals surface area (Å²) >= 11 is 0. The molecule has 0 spiro atoms. The van der Waals surface area contributed by atoms with E-state index in [1.165, 1.54) is 135 Å². The van der Waals surface area contributed by atoms with Crippen LogP contribution in [0.3, 0.4) is 0 Å². The van der Waals surface area contributed by atoms with Crippen molar-refractivity contribution in [2.24, 2.45) is 0 Å². The number of carbonyl (C=O) groups is 2. The summed E-state index contributed by atoms with van der Waals surface area (Å²) in [6, 6.07) is -0.721. The summed E-state index contributed by atoms with van der Waals surface area (Å²) in [6.07, 6.45) is 69.7. The summed E-state index contributed by atoms with van der Waals surface area (Å²) in [5.74, 6) is -0.554. The topological polar surface area (TPSA) is 95.9 Å². The van der Waals surface area contributed by atoms with Crippen molar-refractivity contribution in [1.82, 2.24) is 5.32 Å². The van der Waals surface area contributed by atoms with Gasteiger partial charge in [-0.15, -0.1) is 0 Å². The molecule has 6 nitrogen and oxygen atoms in total. The summed E-state index contributed by atoms with van der Waals surface area (Å²) in [5, 5.41) is 23.9. The highest BCUT2D eigenvalue weighted by Gasteiger charge is 2.24. The van der Waals surface area contributed by atoms with Gasteiger partial charge in [0.1, 0.15) is 6.10 Å². The van der Waals surface area contributed by atoms with Gasteiger partial charge in [0.2, 0.25) is 5.91 Å². The van der Waals surface area contributed by atoms with Crippen LogP contribution in [0.15, 0.2) is 72.9 Å². The van der Waals surface area contributed by atoms with Crippen molar-refractivity contribution in [3.63, 3.8) is 0 Å². The number of aliphatic hydroxyl groups excluding tert-OH is 2. The van der Waals surface area contributed by atoms with Crippen LogP contribution in [0.2, 0.25) is 0 Å². The summed E-state index contributed by atoms with van der Waals surface area (Å²) < 4.78 is 5.92. The first-order valence-electron chi connectivity index (χ1n) is 28.7. The van der Waals surface area contributed by atoms with Gasteiger partial charge in [-0.2, -0.15) is 0 Å². The second-order valence-electron chi connectivity index (χ2n) is 19.3. The van der Waals surface area contributed by atoms with Gasteiger partial charge < -0.3 is 20.3 Å². The molecule has 0 saturated carbocycles. The number of rotatable bonds is 51. The van der Waals surface area contributed by atoms with Gasteiger partial charge in [0.15, 0.2) is 0 Å². The summed E-state index contributed by atoms with van der Waals surface area (Å²) in [7, 11) is 0. The Morgan fingerprint density at radius 3 is 1.25 bits per heavy atom. The number of aliphatic hydroxyl groups is 2. The van der Waals surface area contributed by atoms with Gasteiger partial charge in [-0.25, -0.2) is 0 Å². The van der Waals surface area contributed by atoms with Crippen LogP contribution in [0.25, 0.3) is 0 Å². The molecule has 0 radical (unpaired) electrons. The van der Waals surface area contributed by atoms with Gasteiger partial charge in [-0.1, -0.05) is 248 Å². The van der Waals surface area contributed by atoms with E-state index >= 15 is 0 Å². The van der Waals surface area contributed by atoms with Gasteiger partial charge in [0.25, 0.3) is 0 Å². The standard InChI is InChI=1S/C61H109NO5/c1-4-7-10-13-16-19-22-25-28-30-33-36-39-42-45-48-51-54-61(66)67-57(52-49-46-43-40-37-34-32-29-26-23-20-17-14-11-8-5-2)55-60(65)62-58(56-63)59(64)53-50-47-44-41-38-35-31-27-24-21-18-15-12-9-6-3/h7,10,16,19,25,28,33-34,36-37,42,45,57-59,63-64H,4-6,8-9,11-15,17-18,20-24,26-27,29-32,35,38-41,43-44,46-56H2,1-3H3,(H,62,65)/b10-7-,19-16-,28-25-,36-33-,37-34+,45-42-. The first-order chi connectivity index (χ1) is 33.0. The molecule has 67 heavy (non-hydrogen) atoms. The number of unbranched alkanes of at least 4 members (excludes halogenated alkanes) is 27. The molecule has 0 aliphatic rings. The highest BCUT2D eigenvalue weighted by Crippen LogP contribution is 2.18. The van der Waals surface area contributed by atoms with Gasteiger partial charge in [0, 0.05) is 6.42 Å². The molecule has 0 aliphatic heterocycles. The molecule has 0 aromatic rings. The van der Waals surface area contributed by atoms with E-state index in [-0.39, 0.29) is 24.9 Å². The minimum Gasteiger partial charge on any atom is -0.462 e. The van der Waals surface area contributed by atoms with Crippen molar-refractivity contribution in [1.29, 1.82) is 0 Å². The highest BCUT2D eigenvalue weighted by molar-refractivity contribution is 5.77. The third-order valence-electron chi connectivity index (χ3n) is 12.8. The van der Waals surface area contributed by atoms with Gasteiger partial charge in [0.05, 0.1) is 25.2 Å². The maximum atomic E-state index is 13.3. The van der Waals surface area contributed by atoms with Crippen LogP contribution in [-0.4, -0.2) is 46.9 Å². The van der Waals surface area contributed by atoms with Crippen molar-refractivity contribution < 1.29 is 24.5 Å². The maximum absolute atomic E-state index is 13.3. The van der Waals surface area contributed by atoms with Crippen LogP contribution >= 0.6 is 0 Å². The number of hydrogen-bond acceptors (Lipinski definition) is 5. The predicted molar refractivity (Wildman–Crippen MR) is 291 cm³/mol. The fourth-order valence-electron chi connectivity index (χ4n) is 8.46. The Balaban J connectivity index is 4.67. The molecule has 388 valence electrons. The molecular weight excluding hydrogens is 827 g/mol. The van der Waals surface area contributed by atoms with Crippen LogP contribution in [0, 0.1) is 0 Å². The molecule has 0 aliphatic carbocycles. The zero-order valence-electron chi connectivity index (χ0n) is 44.3. The van der Waals surface area contributed by atoms with Gasteiger partial charge >= 0.3 is 5.97 Å². The number of hydrogen-bond donors (Lipinski definition) is 3. The quantitative estimate of drug-likeness (QED) is 0.0321. The molecule has 3 unspecified atom stereocenters. The zero-order chi connectivity index (χ0) is 48.8. The number of amides is 1. The molecule has 0 rings (SSSR count). The predicted octanol–water partition coefficient (Wildman–Crippen LogP) is 17.7. The lowest BCUT2D eigenvalue weighted by atomic mass is 10.0. The van der Waals surface area contributed by atoms with Gasteiger partial charge in [-0.3, -0.25) is 9.59 Å². The molecule has 0 heterocycles. The first-order valence-corrected chi connectivity index (χ1v) is 28.7. The average Bonchev–Trinajstić information content (AvgIpc) is 3.32. The third-order valence-corrected chi connectivity index (χ3v) is 12.8. The number of nitrogens with one attached hydrogen (secondary N) is 1. The lowest BCUT2D eigenvalue weighted by Gasteiger charge is -2.24. The van der Waals surface area contributed by atoms with E-state index in [1.54, 1.807) is 0 Å². The van der Waals surface area contributed by atoms with E-state index in [1.807, 2.05) is 0 Å². The van der Waals surface area contributed by atoms with Crippen LogP contribution in [0.4, 0.5) is 0 Å². The largest absolute Gasteiger partial charge is 0.462 e. The molecule has 1 amide bonds. The van der Waals surface area contributed by atoms with E-state index < -0.39 is 18.2 Å². The number of esters is 1. The van der Waals surface area contributed by atoms with E-state index in [9.17, 15) is 19.8 Å². The van der Waals surface area contributed by atoms with Crippen molar-refractivity contribution in [3.8, 4) is 0 Å². The monoisotopic (exact) mass is 936 g/mol. The molecule has 0 saturated heterocycles. The lowest BCUT2D eigenvalue weighted by molar-refractivity contribution is -0.151. The van der Waals surface area contributed by atoms with E-state index in [4.69, 9.17) is 4.74 Å². The van der Waals surface area contributed by atoms with Gasteiger partial charge in [-0.05, 0) is 89.9 Å². The summed E-state index contributed by atoms with van der Waals surface area (Å²) in [6.45, 7) is 6.38. The average molecular weight is 937 g/mol. The Hall–Kier alpha value is -2.70.